The van der Waals surface area contributed by atoms with Gasteiger partial charge in [0.2, 0.25) is 0 Å². The summed E-state index contributed by atoms with van der Waals surface area (Å²) in [6.07, 6.45) is 0. The normalized spacial score (nSPS) is 12.2. The Kier molecular flexibility index (Phi) is 3.97. The van der Waals surface area contributed by atoms with E-state index in [2.05, 4.69) is 21.2 Å². The molecule has 0 aromatic heterocycles. The van der Waals surface area contributed by atoms with Crippen molar-refractivity contribution in [2.75, 3.05) is 5.32 Å². The maximum atomic E-state index is 13.1. The van der Waals surface area contributed by atoms with Crippen molar-refractivity contribution in [2.45, 2.75) is 13.0 Å². The highest BCUT2D eigenvalue weighted by molar-refractivity contribution is 9.10. The van der Waals surface area contributed by atoms with Gasteiger partial charge in [0.1, 0.15) is 11.6 Å². The summed E-state index contributed by atoms with van der Waals surface area (Å²) in [5.74, 6) is -1.17. The highest BCUT2D eigenvalue weighted by Gasteiger charge is 2.09. The third-order valence-electron chi connectivity index (χ3n) is 2.62. The van der Waals surface area contributed by atoms with Gasteiger partial charge in [-0.3, -0.25) is 0 Å². The van der Waals surface area contributed by atoms with Crippen LogP contribution in [0.2, 0.25) is 0 Å². The van der Waals surface area contributed by atoms with Gasteiger partial charge < -0.3 is 5.32 Å². The molecule has 94 valence electrons. The van der Waals surface area contributed by atoms with Crippen LogP contribution in [0.25, 0.3) is 0 Å². The van der Waals surface area contributed by atoms with Crippen LogP contribution in [0, 0.1) is 11.6 Å². The molecule has 0 bridgehead atoms. The quantitative estimate of drug-likeness (QED) is 0.850. The molecule has 0 aliphatic heterocycles. The molecule has 1 N–H and O–H groups in total. The number of rotatable bonds is 3. The second-order valence-electron chi connectivity index (χ2n) is 4.05. The van der Waals surface area contributed by atoms with Gasteiger partial charge in [0.05, 0.1) is 0 Å². The predicted molar refractivity (Wildman–Crippen MR) is 72.5 cm³/mol. The molecule has 0 radical (unpaired) electrons. The van der Waals surface area contributed by atoms with E-state index in [1.54, 1.807) is 0 Å². The van der Waals surface area contributed by atoms with Gasteiger partial charge in [-0.2, -0.15) is 0 Å². The summed E-state index contributed by atoms with van der Waals surface area (Å²) in [5.41, 5.74) is 1.46. The predicted octanol–water partition coefficient (Wildman–Crippen LogP) is 4.90. The summed E-state index contributed by atoms with van der Waals surface area (Å²) in [7, 11) is 0. The highest BCUT2D eigenvalue weighted by Crippen LogP contribution is 2.26. The molecule has 1 atom stereocenters. The summed E-state index contributed by atoms with van der Waals surface area (Å²) >= 11 is 3.45. The topological polar surface area (TPSA) is 12.0 Å². The van der Waals surface area contributed by atoms with Gasteiger partial charge in [-0.25, -0.2) is 8.78 Å². The fourth-order valence-corrected chi connectivity index (χ4v) is 2.42. The van der Waals surface area contributed by atoms with E-state index >= 15 is 0 Å². The minimum Gasteiger partial charge on any atom is -0.378 e. The van der Waals surface area contributed by atoms with Crippen molar-refractivity contribution in [3.8, 4) is 0 Å². The molecule has 0 amide bonds. The van der Waals surface area contributed by atoms with Crippen LogP contribution in [-0.4, -0.2) is 0 Å². The molecule has 2 aromatic carbocycles. The first-order valence-corrected chi connectivity index (χ1v) is 6.32. The number of nitrogens with one attached hydrogen (secondary N) is 1. The van der Waals surface area contributed by atoms with Crippen molar-refractivity contribution in [3.05, 3.63) is 64.1 Å². The average Bonchev–Trinajstić information content (AvgIpc) is 2.27. The minimum atomic E-state index is -0.586. The first kappa shape index (κ1) is 13.0. The van der Waals surface area contributed by atoms with E-state index in [0.717, 1.165) is 16.1 Å². The van der Waals surface area contributed by atoms with Crippen molar-refractivity contribution in [1.29, 1.82) is 0 Å². The molecular formula is C14H12BrF2N. The van der Waals surface area contributed by atoms with E-state index in [4.69, 9.17) is 0 Å². The third kappa shape index (κ3) is 3.07. The van der Waals surface area contributed by atoms with Crippen molar-refractivity contribution in [2.24, 2.45) is 0 Å². The van der Waals surface area contributed by atoms with E-state index < -0.39 is 11.6 Å². The van der Waals surface area contributed by atoms with Gasteiger partial charge in [0, 0.05) is 22.3 Å². The van der Waals surface area contributed by atoms with Crippen molar-refractivity contribution in [3.63, 3.8) is 0 Å². The SMILES string of the molecule is CC(Nc1cc(F)cc(F)c1)c1ccccc1Br. The summed E-state index contributed by atoms with van der Waals surface area (Å²) in [6, 6.07) is 11.1. The van der Waals surface area contributed by atoms with Gasteiger partial charge in [-0.1, -0.05) is 34.1 Å². The van der Waals surface area contributed by atoms with Crippen LogP contribution in [0.15, 0.2) is 46.9 Å². The molecule has 2 rings (SSSR count). The van der Waals surface area contributed by atoms with E-state index in [9.17, 15) is 8.78 Å². The second-order valence-corrected chi connectivity index (χ2v) is 4.90. The zero-order valence-corrected chi connectivity index (χ0v) is 11.3. The minimum absolute atomic E-state index is 0.0539. The van der Waals surface area contributed by atoms with Crippen molar-refractivity contribution >= 4 is 21.6 Å². The van der Waals surface area contributed by atoms with E-state index in [1.165, 1.54) is 12.1 Å². The van der Waals surface area contributed by atoms with Gasteiger partial charge >= 0.3 is 0 Å². The lowest BCUT2D eigenvalue weighted by Crippen LogP contribution is -2.07. The van der Waals surface area contributed by atoms with Gasteiger partial charge in [-0.15, -0.1) is 0 Å². The van der Waals surface area contributed by atoms with Crippen LogP contribution in [0.1, 0.15) is 18.5 Å². The zero-order chi connectivity index (χ0) is 13.1. The van der Waals surface area contributed by atoms with Gasteiger partial charge in [0.15, 0.2) is 0 Å². The Hall–Kier alpha value is -1.42. The molecule has 2 aromatic rings. The Balaban J connectivity index is 2.21. The molecule has 4 heteroatoms. The molecule has 0 saturated heterocycles. The number of benzene rings is 2. The maximum absolute atomic E-state index is 13.1. The standard InChI is InChI=1S/C14H12BrF2N/c1-9(13-4-2-3-5-14(13)15)18-12-7-10(16)6-11(17)8-12/h2-9,18H,1H3. The van der Waals surface area contributed by atoms with Crippen LogP contribution in [0.5, 0.6) is 0 Å². The first-order chi connectivity index (χ1) is 8.56. The van der Waals surface area contributed by atoms with Crippen LogP contribution >= 0.6 is 15.9 Å². The largest absolute Gasteiger partial charge is 0.378 e. The monoisotopic (exact) mass is 311 g/mol. The lowest BCUT2D eigenvalue weighted by atomic mass is 10.1. The fraction of sp³-hybridized carbons (Fsp3) is 0.143. The van der Waals surface area contributed by atoms with E-state index in [0.29, 0.717) is 5.69 Å². The number of hydrogen-bond acceptors (Lipinski definition) is 1. The van der Waals surface area contributed by atoms with Crippen molar-refractivity contribution < 1.29 is 8.78 Å². The average molecular weight is 312 g/mol. The van der Waals surface area contributed by atoms with Crippen LogP contribution in [0.3, 0.4) is 0 Å². The van der Waals surface area contributed by atoms with E-state index in [-0.39, 0.29) is 6.04 Å². The summed E-state index contributed by atoms with van der Waals surface area (Å²) < 4.78 is 27.1. The number of anilines is 1. The Morgan fingerprint density at radius 3 is 2.28 bits per heavy atom. The first-order valence-electron chi connectivity index (χ1n) is 5.53. The maximum Gasteiger partial charge on any atom is 0.128 e. The smallest absolute Gasteiger partial charge is 0.128 e. The Morgan fingerprint density at radius 1 is 1.06 bits per heavy atom. The van der Waals surface area contributed by atoms with Gasteiger partial charge in [0.25, 0.3) is 0 Å². The molecular weight excluding hydrogens is 300 g/mol. The molecule has 0 fully saturated rings. The Morgan fingerprint density at radius 2 is 1.67 bits per heavy atom. The van der Waals surface area contributed by atoms with Crippen LogP contribution in [0.4, 0.5) is 14.5 Å². The summed E-state index contributed by atoms with van der Waals surface area (Å²) in [5, 5.41) is 3.07. The lowest BCUT2D eigenvalue weighted by molar-refractivity contribution is 0.583. The van der Waals surface area contributed by atoms with Crippen LogP contribution < -0.4 is 5.32 Å². The number of halogens is 3. The summed E-state index contributed by atoms with van der Waals surface area (Å²) in [6.45, 7) is 1.93. The van der Waals surface area contributed by atoms with Gasteiger partial charge in [-0.05, 0) is 30.7 Å². The molecule has 0 heterocycles. The summed E-state index contributed by atoms with van der Waals surface area (Å²) in [4.78, 5) is 0. The Labute approximate surface area is 113 Å². The fourth-order valence-electron chi connectivity index (χ4n) is 1.79. The highest BCUT2D eigenvalue weighted by atomic mass is 79.9. The lowest BCUT2D eigenvalue weighted by Gasteiger charge is -2.17. The molecule has 1 nitrogen and oxygen atoms in total. The molecule has 0 spiro atoms. The van der Waals surface area contributed by atoms with Crippen LogP contribution in [-0.2, 0) is 0 Å². The molecule has 0 saturated carbocycles. The Bertz CT molecular complexity index is 537. The molecule has 0 aliphatic carbocycles. The zero-order valence-electron chi connectivity index (χ0n) is 9.75. The molecule has 18 heavy (non-hydrogen) atoms. The molecule has 0 aliphatic rings. The number of hydrogen-bond donors (Lipinski definition) is 1. The van der Waals surface area contributed by atoms with E-state index in [1.807, 2.05) is 31.2 Å². The third-order valence-corrected chi connectivity index (χ3v) is 3.34. The molecule has 1 unspecified atom stereocenters. The van der Waals surface area contributed by atoms with Crippen molar-refractivity contribution in [1.82, 2.24) is 0 Å². The second kappa shape index (κ2) is 5.48.